The second kappa shape index (κ2) is 5.94. The molecule has 0 radical (unpaired) electrons. The summed E-state index contributed by atoms with van der Waals surface area (Å²) in [5.41, 5.74) is -1.31. The Kier molecular flexibility index (Phi) is 4.76. The Morgan fingerprint density at radius 3 is 2.05 bits per heavy atom. The zero-order chi connectivity index (χ0) is 15.4. The van der Waals surface area contributed by atoms with Crippen LogP contribution in [0.1, 0.15) is 33.3 Å². The molecule has 5 heteroatoms. The number of rotatable bonds is 3. The summed E-state index contributed by atoms with van der Waals surface area (Å²) in [4.78, 5) is 24.0. The minimum absolute atomic E-state index is 0.561. The van der Waals surface area contributed by atoms with E-state index in [2.05, 4.69) is 5.32 Å². The average molecular weight is 279 g/mol. The van der Waals surface area contributed by atoms with Crippen molar-refractivity contribution in [1.82, 2.24) is 5.32 Å². The molecular weight excluding hydrogens is 258 g/mol. The number of hydrogen-bond acceptors (Lipinski definition) is 4. The average Bonchev–Trinajstić information content (AvgIpc) is 2.36. The van der Waals surface area contributed by atoms with Crippen molar-refractivity contribution in [3.05, 3.63) is 35.9 Å². The van der Waals surface area contributed by atoms with E-state index in [0.717, 1.165) is 0 Å². The normalized spacial score (nSPS) is 14.1. The lowest BCUT2D eigenvalue weighted by Gasteiger charge is -2.30. The number of amides is 1. The molecule has 110 valence electrons. The smallest absolute Gasteiger partial charge is 0.408 e. The second-order valence-electron chi connectivity index (χ2n) is 5.61. The first-order chi connectivity index (χ1) is 9.19. The number of alkyl carbamates (subject to hydrolysis) is 1. The minimum Gasteiger partial charge on any atom is -0.467 e. The van der Waals surface area contributed by atoms with Crippen molar-refractivity contribution in [1.29, 1.82) is 0 Å². The molecule has 1 amide bonds. The molecule has 0 aliphatic carbocycles. The summed E-state index contributed by atoms with van der Waals surface area (Å²) < 4.78 is 9.98. The largest absolute Gasteiger partial charge is 0.467 e. The fraction of sp³-hybridized carbons (Fsp3) is 0.467. The lowest BCUT2D eigenvalue weighted by atomic mass is 9.92. The first kappa shape index (κ1) is 16.0. The molecule has 1 atom stereocenters. The van der Waals surface area contributed by atoms with Crippen LogP contribution in [0.3, 0.4) is 0 Å². The second-order valence-corrected chi connectivity index (χ2v) is 5.61. The van der Waals surface area contributed by atoms with Gasteiger partial charge in [0.25, 0.3) is 0 Å². The summed E-state index contributed by atoms with van der Waals surface area (Å²) in [5, 5.41) is 2.58. The summed E-state index contributed by atoms with van der Waals surface area (Å²) in [5.74, 6) is -0.561. The number of hydrogen-bond donors (Lipinski definition) is 1. The van der Waals surface area contributed by atoms with E-state index in [1.165, 1.54) is 7.11 Å². The van der Waals surface area contributed by atoms with Gasteiger partial charge in [0, 0.05) is 0 Å². The van der Waals surface area contributed by atoms with Crippen LogP contribution in [-0.2, 0) is 19.8 Å². The van der Waals surface area contributed by atoms with Crippen molar-refractivity contribution in [3.8, 4) is 0 Å². The summed E-state index contributed by atoms with van der Waals surface area (Å²) in [6.45, 7) is 6.85. The molecule has 0 aliphatic rings. The highest BCUT2D eigenvalue weighted by atomic mass is 16.6. The third kappa shape index (κ3) is 3.98. The van der Waals surface area contributed by atoms with E-state index in [9.17, 15) is 9.59 Å². The molecule has 0 aliphatic heterocycles. The zero-order valence-electron chi connectivity index (χ0n) is 12.5. The lowest BCUT2D eigenvalue weighted by Crippen LogP contribution is -2.51. The van der Waals surface area contributed by atoms with Gasteiger partial charge in [-0.2, -0.15) is 0 Å². The Bertz CT molecular complexity index is 478. The van der Waals surface area contributed by atoms with Crippen molar-refractivity contribution < 1.29 is 19.1 Å². The Morgan fingerprint density at radius 2 is 1.60 bits per heavy atom. The maximum atomic E-state index is 12.0. The van der Waals surface area contributed by atoms with Crippen LogP contribution in [0.5, 0.6) is 0 Å². The Balaban J connectivity index is 3.02. The molecule has 0 saturated heterocycles. The maximum Gasteiger partial charge on any atom is 0.408 e. The molecule has 1 rings (SSSR count). The van der Waals surface area contributed by atoms with Gasteiger partial charge >= 0.3 is 12.1 Å². The Hall–Kier alpha value is -2.04. The molecule has 0 bridgehead atoms. The molecule has 0 heterocycles. The number of carbonyl (C=O) groups is 2. The van der Waals surface area contributed by atoms with E-state index >= 15 is 0 Å². The zero-order valence-corrected chi connectivity index (χ0v) is 12.5. The van der Waals surface area contributed by atoms with Crippen molar-refractivity contribution in [2.75, 3.05) is 7.11 Å². The van der Waals surface area contributed by atoms with Crippen molar-refractivity contribution in [2.24, 2.45) is 0 Å². The minimum atomic E-state index is -1.29. The molecule has 0 aromatic heterocycles. The van der Waals surface area contributed by atoms with E-state index in [-0.39, 0.29) is 0 Å². The van der Waals surface area contributed by atoms with E-state index in [0.29, 0.717) is 5.56 Å². The first-order valence-corrected chi connectivity index (χ1v) is 6.34. The third-order valence-electron chi connectivity index (χ3n) is 2.70. The van der Waals surface area contributed by atoms with Gasteiger partial charge in [-0.1, -0.05) is 30.3 Å². The summed E-state index contributed by atoms with van der Waals surface area (Å²) in [6.07, 6.45) is -0.672. The maximum absolute atomic E-state index is 12.0. The number of nitrogens with one attached hydrogen (secondary N) is 1. The van der Waals surface area contributed by atoms with Crippen LogP contribution < -0.4 is 5.32 Å². The molecule has 1 aromatic rings. The van der Waals surface area contributed by atoms with Gasteiger partial charge in [-0.15, -0.1) is 0 Å². The highest BCUT2D eigenvalue weighted by Crippen LogP contribution is 2.23. The summed E-state index contributed by atoms with van der Waals surface area (Å²) in [7, 11) is 1.28. The van der Waals surface area contributed by atoms with Crippen molar-refractivity contribution >= 4 is 12.1 Å². The predicted molar refractivity (Wildman–Crippen MR) is 75.2 cm³/mol. The van der Waals surface area contributed by atoms with Crippen LogP contribution in [0.2, 0.25) is 0 Å². The van der Waals surface area contributed by atoms with E-state index in [1.807, 2.05) is 6.07 Å². The van der Waals surface area contributed by atoms with Gasteiger partial charge in [0.15, 0.2) is 5.54 Å². The quantitative estimate of drug-likeness (QED) is 0.864. The van der Waals surface area contributed by atoms with Crippen LogP contribution in [0, 0.1) is 0 Å². The molecular formula is C15H21NO4. The van der Waals surface area contributed by atoms with Gasteiger partial charge in [-0.25, -0.2) is 9.59 Å². The van der Waals surface area contributed by atoms with Gasteiger partial charge < -0.3 is 14.8 Å². The molecule has 0 fully saturated rings. The SMILES string of the molecule is COC(=O)C(C)(NC(=O)OC(C)(C)C)c1ccccc1. The van der Waals surface area contributed by atoms with E-state index in [4.69, 9.17) is 9.47 Å². The van der Waals surface area contributed by atoms with Gasteiger partial charge in [0.2, 0.25) is 0 Å². The number of methoxy groups -OCH3 is 1. The Labute approximate surface area is 119 Å². The van der Waals surface area contributed by atoms with Crippen molar-refractivity contribution in [3.63, 3.8) is 0 Å². The van der Waals surface area contributed by atoms with Crippen LogP contribution in [-0.4, -0.2) is 24.8 Å². The standard InChI is InChI=1S/C15H21NO4/c1-14(2,3)20-13(18)16-15(4,12(17)19-5)11-9-7-6-8-10-11/h6-10H,1-5H3,(H,16,18). The molecule has 0 saturated carbocycles. The number of benzene rings is 1. The highest BCUT2D eigenvalue weighted by Gasteiger charge is 2.39. The molecule has 20 heavy (non-hydrogen) atoms. The number of carbonyl (C=O) groups excluding carboxylic acids is 2. The summed E-state index contributed by atoms with van der Waals surface area (Å²) >= 11 is 0. The fourth-order valence-corrected chi connectivity index (χ4v) is 1.72. The molecule has 5 nitrogen and oxygen atoms in total. The van der Waals surface area contributed by atoms with Gasteiger partial charge in [0.05, 0.1) is 7.11 Å². The summed E-state index contributed by atoms with van der Waals surface area (Å²) in [6, 6.07) is 8.89. The predicted octanol–water partition coefficient (Wildman–Crippen LogP) is 2.60. The van der Waals surface area contributed by atoms with Crippen LogP contribution in [0.4, 0.5) is 4.79 Å². The highest BCUT2D eigenvalue weighted by molar-refractivity contribution is 5.86. The van der Waals surface area contributed by atoms with Crippen LogP contribution in [0.15, 0.2) is 30.3 Å². The van der Waals surface area contributed by atoms with Crippen molar-refractivity contribution in [2.45, 2.75) is 38.8 Å². The lowest BCUT2D eigenvalue weighted by molar-refractivity contribution is -0.148. The number of esters is 1. The van der Waals surface area contributed by atoms with Gasteiger partial charge in [-0.3, -0.25) is 0 Å². The Morgan fingerprint density at radius 1 is 1.05 bits per heavy atom. The van der Waals surface area contributed by atoms with Gasteiger partial charge in [0.1, 0.15) is 5.60 Å². The van der Waals surface area contributed by atoms with Crippen LogP contribution in [0.25, 0.3) is 0 Å². The number of ether oxygens (including phenoxy) is 2. The van der Waals surface area contributed by atoms with Crippen LogP contribution >= 0.6 is 0 Å². The molecule has 1 N–H and O–H groups in total. The molecule has 1 aromatic carbocycles. The van der Waals surface area contributed by atoms with Gasteiger partial charge in [-0.05, 0) is 33.3 Å². The monoisotopic (exact) mass is 279 g/mol. The third-order valence-corrected chi connectivity index (χ3v) is 2.70. The first-order valence-electron chi connectivity index (χ1n) is 6.34. The molecule has 1 unspecified atom stereocenters. The van der Waals surface area contributed by atoms with E-state index < -0.39 is 23.2 Å². The fourth-order valence-electron chi connectivity index (χ4n) is 1.72. The topological polar surface area (TPSA) is 64.6 Å². The van der Waals surface area contributed by atoms with E-state index in [1.54, 1.807) is 52.0 Å². The molecule has 0 spiro atoms.